The highest BCUT2D eigenvalue weighted by Crippen LogP contribution is 2.31. The Morgan fingerprint density at radius 1 is 1.50 bits per heavy atom. The number of carboxylic acid groups (broad SMARTS) is 1. The number of nitrogens with zero attached hydrogens (tertiary/aromatic N) is 2. The van der Waals surface area contributed by atoms with E-state index in [-0.39, 0.29) is 11.3 Å². The minimum absolute atomic E-state index is 0.272. The van der Waals surface area contributed by atoms with Crippen LogP contribution in [0.4, 0.5) is 11.4 Å². The third-order valence-corrected chi connectivity index (χ3v) is 3.44. The fourth-order valence-corrected chi connectivity index (χ4v) is 2.06. The van der Waals surface area contributed by atoms with E-state index in [1.54, 1.807) is 6.07 Å². The molecule has 1 aliphatic carbocycles. The van der Waals surface area contributed by atoms with Crippen molar-refractivity contribution in [2.24, 2.45) is 0 Å². The molecular weight excluding hydrogens is 236 g/mol. The largest absolute Gasteiger partial charge is 0.477 e. The summed E-state index contributed by atoms with van der Waals surface area (Å²) in [5.74, 6) is -1.28. The molecule has 96 valence electrons. The summed E-state index contributed by atoms with van der Waals surface area (Å²) >= 11 is 0. The smallest absolute Gasteiger partial charge is 0.342 e. The van der Waals surface area contributed by atoms with Crippen LogP contribution in [0, 0.1) is 10.1 Å². The van der Waals surface area contributed by atoms with Crippen LogP contribution in [-0.4, -0.2) is 29.1 Å². The number of carbonyl (C=O) groups is 1. The number of benzene rings is 1. The molecule has 0 aromatic heterocycles. The van der Waals surface area contributed by atoms with Gasteiger partial charge in [0.05, 0.1) is 4.92 Å². The first-order valence-corrected chi connectivity index (χ1v) is 5.75. The van der Waals surface area contributed by atoms with Crippen LogP contribution in [0.15, 0.2) is 18.2 Å². The summed E-state index contributed by atoms with van der Waals surface area (Å²) < 4.78 is 0. The van der Waals surface area contributed by atoms with Gasteiger partial charge in [-0.2, -0.15) is 0 Å². The van der Waals surface area contributed by atoms with Crippen molar-refractivity contribution in [1.29, 1.82) is 0 Å². The molecule has 18 heavy (non-hydrogen) atoms. The van der Waals surface area contributed by atoms with Crippen LogP contribution in [0.2, 0.25) is 0 Å². The van der Waals surface area contributed by atoms with Gasteiger partial charge in [-0.25, -0.2) is 4.79 Å². The van der Waals surface area contributed by atoms with Crippen LogP contribution >= 0.6 is 0 Å². The molecule has 0 bridgehead atoms. The van der Waals surface area contributed by atoms with Crippen LogP contribution in [-0.2, 0) is 0 Å². The van der Waals surface area contributed by atoms with Crippen molar-refractivity contribution in [3.63, 3.8) is 0 Å². The highest BCUT2D eigenvalue weighted by atomic mass is 16.6. The SMILES string of the molecule is CN(c1ccc(C(=O)O)c([N+](=O)[O-])c1)C1CCC1. The number of hydrogen-bond acceptors (Lipinski definition) is 4. The topological polar surface area (TPSA) is 83.7 Å². The van der Waals surface area contributed by atoms with E-state index in [2.05, 4.69) is 0 Å². The number of rotatable bonds is 4. The molecular formula is C12H14N2O4. The maximum atomic E-state index is 10.9. The van der Waals surface area contributed by atoms with Crippen molar-refractivity contribution in [2.75, 3.05) is 11.9 Å². The number of nitro benzene ring substituents is 1. The van der Waals surface area contributed by atoms with Gasteiger partial charge in [-0.1, -0.05) is 0 Å². The van der Waals surface area contributed by atoms with Gasteiger partial charge in [-0.05, 0) is 31.4 Å². The minimum Gasteiger partial charge on any atom is -0.477 e. The second-order valence-corrected chi connectivity index (χ2v) is 4.46. The Balaban J connectivity index is 2.36. The van der Waals surface area contributed by atoms with E-state index >= 15 is 0 Å². The lowest BCUT2D eigenvalue weighted by molar-refractivity contribution is -0.385. The Bertz CT molecular complexity index is 497. The van der Waals surface area contributed by atoms with Crippen LogP contribution in [0.3, 0.4) is 0 Å². The number of nitro groups is 1. The van der Waals surface area contributed by atoms with Crippen molar-refractivity contribution in [2.45, 2.75) is 25.3 Å². The van der Waals surface area contributed by atoms with Crippen molar-refractivity contribution < 1.29 is 14.8 Å². The molecule has 1 N–H and O–H groups in total. The number of anilines is 1. The molecule has 0 amide bonds. The van der Waals surface area contributed by atoms with Gasteiger partial charge < -0.3 is 10.0 Å². The fraction of sp³-hybridized carbons (Fsp3) is 0.417. The van der Waals surface area contributed by atoms with Crippen molar-refractivity contribution in [1.82, 2.24) is 0 Å². The van der Waals surface area contributed by atoms with E-state index < -0.39 is 10.9 Å². The number of aromatic carboxylic acids is 1. The second-order valence-electron chi connectivity index (χ2n) is 4.46. The Hall–Kier alpha value is -2.11. The fourth-order valence-electron chi connectivity index (χ4n) is 2.06. The standard InChI is InChI=1S/C12H14N2O4/c1-13(8-3-2-4-8)9-5-6-10(12(15)16)11(7-9)14(17)18/h5-8H,2-4H2,1H3,(H,15,16). The monoisotopic (exact) mass is 250 g/mol. The molecule has 0 saturated heterocycles. The molecule has 1 aromatic rings. The van der Waals surface area contributed by atoms with E-state index in [9.17, 15) is 14.9 Å². The average molecular weight is 250 g/mol. The van der Waals surface area contributed by atoms with E-state index in [1.165, 1.54) is 18.6 Å². The predicted octanol–water partition coefficient (Wildman–Crippen LogP) is 2.28. The van der Waals surface area contributed by atoms with Gasteiger partial charge in [0.25, 0.3) is 5.69 Å². The predicted molar refractivity (Wildman–Crippen MR) is 66.1 cm³/mol. The Labute approximate surface area is 104 Å². The van der Waals surface area contributed by atoms with Gasteiger partial charge in [-0.3, -0.25) is 10.1 Å². The summed E-state index contributed by atoms with van der Waals surface area (Å²) in [5.41, 5.74) is 0.0633. The first-order valence-electron chi connectivity index (χ1n) is 5.75. The molecule has 1 saturated carbocycles. The van der Waals surface area contributed by atoms with Gasteiger partial charge in [0.15, 0.2) is 0 Å². The molecule has 0 atom stereocenters. The second kappa shape index (κ2) is 4.64. The zero-order chi connectivity index (χ0) is 13.3. The van der Waals surface area contributed by atoms with Crippen LogP contribution in [0.5, 0.6) is 0 Å². The first kappa shape index (κ1) is 12.3. The van der Waals surface area contributed by atoms with Crippen LogP contribution < -0.4 is 4.90 Å². The van der Waals surface area contributed by atoms with Crippen molar-refractivity contribution in [3.8, 4) is 0 Å². The number of carboxylic acids is 1. The highest BCUT2D eigenvalue weighted by Gasteiger charge is 2.25. The normalized spacial score (nSPS) is 14.9. The average Bonchev–Trinajstić information content (AvgIpc) is 2.25. The maximum Gasteiger partial charge on any atom is 0.342 e. The lowest BCUT2D eigenvalue weighted by atomic mass is 9.91. The van der Waals surface area contributed by atoms with Gasteiger partial charge in [0.1, 0.15) is 5.56 Å². The van der Waals surface area contributed by atoms with Gasteiger partial charge in [0, 0.05) is 24.8 Å². The molecule has 0 spiro atoms. The molecule has 2 rings (SSSR count). The summed E-state index contributed by atoms with van der Waals surface area (Å²) in [4.78, 5) is 23.1. The molecule has 0 unspecified atom stereocenters. The Morgan fingerprint density at radius 3 is 2.61 bits per heavy atom. The lowest BCUT2D eigenvalue weighted by Crippen LogP contribution is -2.37. The third kappa shape index (κ3) is 2.13. The zero-order valence-corrected chi connectivity index (χ0v) is 10.00. The van der Waals surface area contributed by atoms with Crippen molar-refractivity contribution >= 4 is 17.3 Å². The van der Waals surface area contributed by atoms with E-state index in [0.29, 0.717) is 11.7 Å². The Kier molecular flexibility index (Phi) is 3.18. The maximum absolute atomic E-state index is 10.9. The van der Waals surface area contributed by atoms with Gasteiger partial charge in [0.2, 0.25) is 0 Å². The highest BCUT2D eigenvalue weighted by molar-refractivity contribution is 5.93. The van der Waals surface area contributed by atoms with E-state index in [4.69, 9.17) is 5.11 Å². The molecule has 6 nitrogen and oxygen atoms in total. The van der Waals surface area contributed by atoms with Crippen LogP contribution in [0.25, 0.3) is 0 Å². The van der Waals surface area contributed by atoms with E-state index in [1.807, 2.05) is 11.9 Å². The summed E-state index contributed by atoms with van der Waals surface area (Å²) in [6.07, 6.45) is 3.32. The molecule has 1 aromatic carbocycles. The third-order valence-electron chi connectivity index (χ3n) is 3.44. The van der Waals surface area contributed by atoms with Gasteiger partial charge in [-0.15, -0.1) is 0 Å². The molecule has 1 aliphatic rings. The molecule has 0 aliphatic heterocycles. The van der Waals surface area contributed by atoms with Gasteiger partial charge >= 0.3 is 5.97 Å². The molecule has 1 fully saturated rings. The Morgan fingerprint density at radius 2 is 2.17 bits per heavy atom. The van der Waals surface area contributed by atoms with Crippen molar-refractivity contribution in [3.05, 3.63) is 33.9 Å². The summed E-state index contributed by atoms with van der Waals surface area (Å²) in [6, 6.07) is 4.65. The molecule has 6 heteroatoms. The quantitative estimate of drug-likeness (QED) is 0.654. The summed E-state index contributed by atoms with van der Waals surface area (Å²) in [7, 11) is 1.88. The molecule has 0 radical (unpaired) electrons. The summed E-state index contributed by atoms with van der Waals surface area (Å²) in [6.45, 7) is 0. The van der Waals surface area contributed by atoms with Crippen LogP contribution in [0.1, 0.15) is 29.6 Å². The van der Waals surface area contributed by atoms with E-state index in [0.717, 1.165) is 12.8 Å². The first-order chi connectivity index (χ1) is 8.50. The zero-order valence-electron chi connectivity index (χ0n) is 10.00. The molecule has 0 heterocycles. The summed E-state index contributed by atoms with van der Waals surface area (Å²) in [5, 5.41) is 19.8. The minimum atomic E-state index is -1.28. The number of hydrogen-bond donors (Lipinski definition) is 1. The lowest BCUT2D eigenvalue weighted by Gasteiger charge is -2.36.